The molecule has 0 radical (unpaired) electrons. The molecule has 0 saturated carbocycles. The number of benzene rings is 1. The van der Waals surface area contributed by atoms with E-state index in [0.29, 0.717) is 11.3 Å². The number of amides is 2. The van der Waals surface area contributed by atoms with E-state index in [1.54, 1.807) is 12.1 Å². The van der Waals surface area contributed by atoms with Crippen LogP contribution in [0.3, 0.4) is 0 Å². The maximum atomic E-state index is 12.1. The van der Waals surface area contributed by atoms with Gasteiger partial charge in [-0.3, -0.25) is 20.4 Å². The van der Waals surface area contributed by atoms with Gasteiger partial charge in [-0.05, 0) is 44.0 Å². The highest BCUT2D eigenvalue weighted by atomic mass is 16.5. The average Bonchev–Trinajstić information content (AvgIpc) is 2.72. The van der Waals surface area contributed by atoms with Crippen LogP contribution in [-0.2, 0) is 11.2 Å². The van der Waals surface area contributed by atoms with Gasteiger partial charge in [0.2, 0.25) is 0 Å². The second kappa shape index (κ2) is 10.2. The van der Waals surface area contributed by atoms with Crippen molar-refractivity contribution in [3.05, 3.63) is 53.7 Å². The van der Waals surface area contributed by atoms with Crippen molar-refractivity contribution < 1.29 is 14.3 Å². The lowest BCUT2D eigenvalue weighted by Crippen LogP contribution is -2.43. The molecule has 0 unspecified atom stereocenters. The minimum absolute atomic E-state index is 0.184. The van der Waals surface area contributed by atoms with Crippen LogP contribution in [0.25, 0.3) is 0 Å². The molecule has 2 aromatic rings. The maximum Gasteiger partial charge on any atom is 0.276 e. The molecular weight excluding hydrogens is 344 g/mol. The number of rotatable bonds is 8. The van der Waals surface area contributed by atoms with Crippen LogP contribution in [-0.4, -0.2) is 36.5 Å². The summed E-state index contributed by atoms with van der Waals surface area (Å²) in [6.07, 6.45) is 2.30. The van der Waals surface area contributed by atoms with Crippen molar-refractivity contribution in [3.8, 4) is 5.75 Å². The molecule has 0 fully saturated rings. The van der Waals surface area contributed by atoms with Crippen molar-refractivity contribution in [2.75, 3.05) is 24.6 Å². The fourth-order valence-electron chi connectivity index (χ4n) is 2.57. The molecule has 7 heteroatoms. The van der Waals surface area contributed by atoms with Crippen molar-refractivity contribution >= 4 is 17.6 Å². The number of para-hydroxylation sites is 1. The summed E-state index contributed by atoms with van der Waals surface area (Å²) in [6.45, 7) is 7.60. The van der Waals surface area contributed by atoms with E-state index in [-0.39, 0.29) is 6.61 Å². The van der Waals surface area contributed by atoms with E-state index in [9.17, 15) is 9.59 Å². The normalized spacial score (nSPS) is 10.2. The van der Waals surface area contributed by atoms with E-state index in [0.717, 1.165) is 30.9 Å². The smallest absolute Gasteiger partial charge is 0.276 e. The Morgan fingerprint density at radius 3 is 2.41 bits per heavy atom. The zero-order valence-electron chi connectivity index (χ0n) is 16.0. The molecule has 144 valence electrons. The van der Waals surface area contributed by atoms with Crippen molar-refractivity contribution in [3.63, 3.8) is 0 Å². The third kappa shape index (κ3) is 5.70. The van der Waals surface area contributed by atoms with Crippen LogP contribution < -0.4 is 20.5 Å². The highest BCUT2D eigenvalue weighted by molar-refractivity contribution is 5.95. The van der Waals surface area contributed by atoms with Gasteiger partial charge in [0, 0.05) is 19.3 Å². The molecule has 1 heterocycles. The summed E-state index contributed by atoms with van der Waals surface area (Å²) >= 11 is 0. The highest BCUT2D eigenvalue weighted by Gasteiger charge is 2.10. The second-order valence-electron chi connectivity index (χ2n) is 5.83. The lowest BCUT2D eigenvalue weighted by Gasteiger charge is -2.19. The molecule has 7 nitrogen and oxygen atoms in total. The molecule has 1 aromatic heterocycles. The van der Waals surface area contributed by atoms with Crippen molar-refractivity contribution in [1.29, 1.82) is 0 Å². The summed E-state index contributed by atoms with van der Waals surface area (Å²) in [6, 6.07) is 11.0. The highest BCUT2D eigenvalue weighted by Crippen LogP contribution is 2.17. The molecule has 0 saturated heterocycles. The van der Waals surface area contributed by atoms with Gasteiger partial charge < -0.3 is 9.64 Å². The van der Waals surface area contributed by atoms with Gasteiger partial charge in [0.05, 0.1) is 5.56 Å². The predicted molar refractivity (Wildman–Crippen MR) is 105 cm³/mol. The summed E-state index contributed by atoms with van der Waals surface area (Å²) in [4.78, 5) is 30.4. The number of hydrogen-bond donors (Lipinski definition) is 2. The summed E-state index contributed by atoms with van der Waals surface area (Å²) in [5.41, 5.74) is 6.10. The van der Waals surface area contributed by atoms with Gasteiger partial charge in [-0.1, -0.05) is 25.1 Å². The van der Waals surface area contributed by atoms with Crippen LogP contribution in [0.5, 0.6) is 5.75 Å². The summed E-state index contributed by atoms with van der Waals surface area (Å²) in [7, 11) is 0. The SMILES string of the molecule is CCc1ccccc1OCC(=O)NNC(=O)c1ccc(N(CC)CC)nc1. The molecule has 2 amide bonds. The summed E-state index contributed by atoms with van der Waals surface area (Å²) in [5.74, 6) is 0.596. The van der Waals surface area contributed by atoms with Gasteiger partial charge in [0.1, 0.15) is 11.6 Å². The Bertz CT molecular complexity index is 758. The largest absolute Gasteiger partial charge is 0.483 e. The van der Waals surface area contributed by atoms with Crippen LogP contribution in [0.1, 0.15) is 36.7 Å². The molecule has 0 spiro atoms. The van der Waals surface area contributed by atoms with Gasteiger partial charge in [-0.25, -0.2) is 4.98 Å². The van der Waals surface area contributed by atoms with Crippen LogP contribution in [0.4, 0.5) is 5.82 Å². The number of nitrogens with zero attached hydrogens (tertiary/aromatic N) is 2. The summed E-state index contributed by atoms with van der Waals surface area (Å²) < 4.78 is 5.51. The maximum absolute atomic E-state index is 12.1. The monoisotopic (exact) mass is 370 g/mol. The zero-order chi connectivity index (χ0) is 19.6. The zero-order valence-corrected chi connectivity index (χ0v) is 16.0. The molecule has 2 N–H and O–H groups in total. The Hall–Kier alpha value is -3.09. The third-order valence-corrected chi connectivity index (χ3v) is 4.13. The van der Waals surface area contributed by atoms with Crippen LogP contribution >= 0.6 is 0 Å². The second-order valence-corrected chi connectivity index (χ2v) is 5.83. The number of anilines is 1. The number of ether oxygens (including phenoxy) is 1. The van der Waals surface area contributed by atoms with Gasteiger partial charge >= 0.3 is 0 Å². The van der Waals surface area contributed by atoms with Gasteiger partial charge in [-0.15, -0.1) is 0 Å². The van der Waals surface area contributed by atoms with Gasteiger partial charge in [0.15, 0.2) is 6.61 Å². The van der Waals surface area contributed by atoms with Crippen molar-refractivity contribution in [2.45, 2.75) is 27.2 Å². The fourth-order valence-corrected chi connectivity index (χ4v) is 2.57. The van der Waals surface area contributed by atoms with Crippen LogP contribution in [0.15, 0.2) is 42.6 Å². The Labute approximate surface area is 159 Å². The molecule has 0 bridgehead atoms. The number of pyridine rings is 1. The molecule has 2 rings (SSSR count). The van der Waals surface area contributed by atoms with E-state index in [1.807, 2.05) is 45.0 Å². The number of aryl methyl sites for hydroxylation is 1. The quantitative estimate of drug-likeness (QED) is 0.697. The molecular formula is C20H26N4O3. The first-order valence-corrected chi connectivity index (χ1v) is 9.09. The number of nitrogens with one attached hydrogen (secondary N) is 2. The minimum Gasteiger partial charge on any atom is -0.483 e. The van der Waals surface area contributed by atoms with Crippen molar-refractivity contribution in [2.24, 2.45) is 0 Å². The predicted octanol–water partition coefficient (Wildman–Crippen LogP) is 2.33. The van der Waals surface area contributed by atoms with E-state index >= 15 is 0 Å². The lowest BCUT2D eigenvalue weighted by atomic mass is 10.1. The van der Waals surface area contributed by atoms with E-state index in [4.69, 9.17) is 4.74 Å². The molecule has 0 aliphatic rings. The van der Waals surface area contributed by atoms with Gasteiger partial charge in [0.25, 0.3) is 11.8 Å². The number of carbonyl (C=O) groups excluding carboxylic acids is 2. The molecule has 0 atom stereocenters. The number of hydrazine groups is 1. The minimum atomic E-state index is -0.443. The first-order chi connectivity index (χ1) is 13.1. The van der Waals surface area contributed by atoms with Crippen molar-refractivity contribution in [1.82, 2.24) is 15.8 Å². The summed E-state index contributed by atoms with van der Waals surface area (Å²) in [5, 5.41) is 0. The van der Waals surface area contributed by atoms with E-state index in [1.165, 1.54) is 6.20 Å². The Kier molecular flexibility index (Phi) is 7.61. The van der Waals surface area contributed by atoms with Crippen LogP contribution in [0.2, 0.25) is 0 Å². The topological polar surface area (TPSA) is 83.6 Å². The lowest BCUT2D eigenvalue weighted by molar-refractivity contribution is -0.123. The standard InChI is InChI=1S/C20H26N4O3/c1-4-15-9-7-8-10-17(15)27-14-19(25)22-23-20(26)16-11-12-18(21-13-16)24(5-2)6-3/h7-13H,4-6,14H2,1-3H3,(H,22,25)(H,23,26). The average molecular weight is 370 g/mol. The molecule has 0 aliphatic carbocycles. The van der Waals surface area contributed by atoms with E-state index in [2.05, 4.69) is 20.7 Å². The van der Waals surface area contributed by atoms with Gasteiger partial charge in [-0.2, -0.15) is 0 Å². The Morgan fingerprint density at radius 1 is 1.04 bits per heavy atom. The Morgan fingerprint density at radius 2 is 1.78 bits per heavy atom. The first kappa shape index (κ1) is 20.2. The fraction of sp³-hybridized carbons (Fsp3) is 0.350. The molecule has 0 aliphatic heterocycles. The number of aromatic nitrogens is 1. The molecule has 27 heavy (non-hydrogen) atoms. The van der Waals surface area contributed by atoms with E-state index < -0.39 is 11.8 Å². The third-order valence-electron chi connectivity index (χ3n) is 4.13. The molecule has 1 aromatic carbocycles. The van der Waals surface area contributed by atoms with Crippen LogP contribution in [0, 0.1) is 0 Å². The number of carbonyl (C=O) groups is 2. The number of hydrogen-bond acceptors (Lipinski definition) is 5. The first-order valence-electron chi connectivity index (χ1n) is 9.09. The Balaban J connectivity index is 1.83.